The molecule has 0 saturated heterocycles. The van der Waals surface area contributed by atoms with Gasteiger partial charge >= 0.3 is 0 Å². The molecule has 0 bridgehead atoms. The van der Waals surface area contributed by atoms with Crippen molar-refractivity contribution >= 4 is 23.3 Å². The van der Waals surface area contributed by atoms with Gasteiger partial charge in [-0.2, -0.15) is 0 Å². The van der Waals surface area contributed by atoms with Crippen LogP contribution in [-0.4, -0.2) is 27.4 Å². The molecule has 1 amide bonds. The molecule has 0 fully saturated rings. The van der Waals surface area contributed by atoms with Crippen LogP contribution in [0.15, 0.2) is 24.5 Å². The van der Waals surface area contributed by atoms with Gasteiger partial charge in [-0.1, -0.05) is 11.6 Å². The zero-order chi connectivity index (χ0) is 15.2. The molecule has 0 saturated carbocycles. The standard InChI is InChI=1S/C14H16ClN5O/c1-3-16-13-6-11(12(15)8-18-13)14(21)19-7-10-4-5-17-9(2)20-10/h4-6,8H,3,7H2,1-2H3,(H,16,18)(H,19,21). The van der Waals surface area contributed by atoms with Crippen molar-refractivity contribution in [3.8, 4) is 0 Å². The molecule has 0 aliphatic carbocycles. The van der Waals surface area contributed by atoms with Gasteiger partial charge in [0.1, 0.15) is 11.6 Å². The van der Waals surface area contributed by atoms with Crippen LogP contribution in [0.2, 0.25) is 5.02 Å². The number of hydrogen-bond acceptors (Lipinski definition) is 5. The fraction of sp³-hybridized carbons (Fsp3) is 0.286. The maximum absolute atomic E-state index is 12.2. The summed E-state index contributed by atoms with van der Waals surface area (Å²) in [5, 5.41) is 6.14. The number of amides is 1. The maximum Gasteiger partial charge on any atom is 0.253 e. The number of hydrogen-bond donors (Lipinski definition) is 2. The van der Waals surface area contributed by atoms with Crippen molar-refractivity contribution in [1.29, 1.82) is 0 Å². The van der Waals surface area contributed by atoms with E-state index in [1.54, 1.807) is 25.3 Å². The Balaban J connectivity index is 2.07. The van der Waals surface area contributed by atoms with Crippen molar-refractivity contribution in [3.05, 3.63) is 46.6 Å². The number of pyridine rings is 1. The SMILES string of the molecule is CCNc1cc(C(=O)NCc2ccnc(C)n2)c(Cl)cn1. The van der Waals surface area contributed by atoms with Crippen molar-refractivity contribution in [3.63, 3.8) is 0 Å². The van der Waals surface area contributed by atoms with Crippen molar-refractivity contribution in [2.45, 2.75) is 20.4 Å². The van der Waals surface area contributed by atoms with Crippen molar-refractivity contribution in [1.82, 2.24) is 20.3 Å². The molecule has 7 heteroatoms. The molecule has 0 radical (unpaired) electrons. The first kappa shape index (κ1) is 15.2. The second kappa shape index (κ2) is 6.99. The number of aromatic nitrogens is 3. The number of anilines is 1. The molecule has 0 atom stereocenters. The predicted octanol–water partition coefficient (Wildman–Crippen LogP) is 2.20. The third kappa shape index (κ3) is 4.13. The van der Waals surface area contributed by atoms with Crippen LogP contribution >= 0.6 is 11.6 Å². The van der Waals surface area contributed by atoms with Gasteiger partial charge in [0.2, 0.25) is 0 Å². The van der Waals surface area contributed by atoms with Crippen molar-refractivity contribution < 1.29 is 4.79 Å². The van der Waals surface area contributed by atoms with Gasteiger partial charge in [-0.15, -0.1) is 0 Å². The quantitative estimate of drug-likeness (QED) is 0.885. The smallest absolute Gasteiger partial charge is 0.253 e. The highest BCUT2D eigenvalue weighted by Crippen LogP contribution is 2.18. The number of carbonyl (C=O) groups is 1. The normalized spacial score (nSPS) is 10.2. The van der Waals surface area contributed by atoms with E-state index in [1.165, 1.54) is 6.20 Å². The molecule has 0 aliphatic heterocycles. The van der Waals surface area contributed by atoms with E-state index in [0.717, 1.165) is 12.2 Å². The van der Waals surface area contributed by atoms with E-state index in [-0.39, 0.29) is 5.91 Å². The second-order valence-corrected chi connectivity index (χ2v) is 4.76. The number of nitrogens with one attached hydrogen (secondary N) is 2. The molecular formula is C14H16ClN5O. The molecule has 2 heterocycles. The van der Waals surface area contributed by atoms with Gasteiger partial charge in [0, 0.05) is 18.9 Å². The summed E-state index contributed by atoms with van der Waals surface area (Å²) in [6.07, 6.45) is 3.12. The Morgan fingerprint density at radius 3 is 2.90 bits per heavy atom. The molecule has 2 aromatic heterocycles. The van der Waals surface area contributed by atoms with E-state index < -0.39 is 0 Å². The molecular weight excluding hydrogens is 290 g/mol. The lowest BCUT2D eigenvalue weighted by atomic mass is 10.2. The summed E-state index contributed by atoms with van der Waals surface area (Å²) in [6, 6.07) is 3.39. The zero-order valence-corrected chi connectivity index (χ0v) is 12.6. The maximum atomic E-state index is 12.2. The molecule has 0 spiro atoms. The summed E-state index contributed by atoms with van der Waals surface area (Å²) in [5.74, 6) is 1.01. The van der Waals surface area contributed by atoms with Crippen LogP contribution in [0.4, 0.5) is 5.82 Å². The van der Waals surface area contributed by atoms with E-state index in [1.807, 2.05) is 6.92 Å². The molecule has 2 aromatic rings. The minimum absolute atomic E-state index is 0.266. The lowest BCUT2D eigenvalue weighted by Gasteiger charge is -2.09. The minimum Gasteiger partial charge on any atom is -0.370 e. The second-order valence-electron chi connectivity index (χ2n) is 4.36. The molecule has 2 rings (SSSR count). The Bertz CT molecular complexity index is 647. The van der Waals surface area contributed by atoms with Gasteiger partial charge < -0.3 is 10.6 Å². The highest BCUT2D eigenvalue weighted by Gasteiger charge is 2.12. The van der Waals surface area contributed by atoms with Gasteiger partial charge in [-0.05, 0) is 26.0 Å². The molecule has 2 N–H and O–H groups in total. The highest BCUT2D eigenvalue weighted by atomic mass is 35.5. The average molecular weight is 306 g/mol. The van der Waals surface area contributed by atoms with Gasteiger partial charge in [-0.3, -0.25) is 4.79 Å². The summed E-state index contributed by atoms with van der Waals surface area (Å²) >= 11 is 6.02. The number of halogens is 1. The fourth-order valence-electron chi connectivity index (χ4n) is 1.76. The Labute approximate surface area is 128 Å². The van der Waals surface area contributed by atoms with Gasteiger partial charge in [0.25, 0.3) is 5.91 Å². The lowest BCUT2D eigenvalue weighted by molar-refractivity contribution is 0.0950. The first-order chi connectivity index (χ1) is 10.1. The van der Waals surface area contributed by atoms with Crippen LogP contribution in [0, 0.1) is 6.92 Å². The topological polar surface area (TPSA) is 79.8 Å². The number of rotatable bonds is 5. The van der Waals surface area contributed by atoms with Crippen LogP contribution in [0.25, 0.3) is 0 Å². The van der Waals surface area contributed by atoms with Gasteiger partial charge in [0.05, 0.1) is 22.8 Å². The van der Waals surface area contributed by atoms with E-state index in [9.17, 15) is 4.79 Å². The van der Waals surface area contributed by atoms with Crippen LogP contribution in [0.1, 0.15) is 28.8 Å². The summed E-state index contributed by atoms with van der Waals surface area (Å²) in [7, 11) is 0. The third-order valence-corrected chi connectivity index (χ3v) is 3.02. The summed E-state index contributed by atoms with van der Waals surface area (Å²) in [6.45, 7) is 4.79. The minimum atomic E-state index is -0.266. The number of nitrogens with zero attached hydrogens (tertiary/aromatic N) is 3. The summed E-state index contributed by atoms with van der Waals surface area (Å²) in [5.41, 5.74) is 1.13. The number of aryl methyl sites for hydroxylation is 1. The Hall–Kier alpha value is -2.21. The molecule has 6 nitrogen and oxygen atoms in total. The van der Waals surface area contributed by atoms with Crippen LogP contribution in [-0.2, 0) is 6.54 Å². The van der Waals surface area contributed by atoms with Crippen molar-refractivity contribution in [2.24, 2.45) is 0 Å². The summed E-state index contributed by atoms with van der Waals surface area (Å²) < 4.78 is 0. The molecule has 110 valence electrons. The number of carbonyl (C=O) groups excluding carboxylic acids is 1. The van der Waals surface area contributed by atoms with Crippen LogP contribution in [0.3, 0.4) is 0 Å². The molecule has 0 unspecified atom stereocenters. The largest absolute Gasteiger partial charge is 0.370 e. The first-order valence-electron chi connectivity index (χ1n) is 6.56. The van der Waals surface area contributed by atoms with Crippen LogP contribution in [0.5, 0.6) is 0 Å². The van der Waals surface area contributed by atoms with Gasteiger partial charge in [0.15, 0.2) is 0 Å². The van der Waals surface area contributed by atoms with E-state index >= 15 is 0 Å². The Kier molecular flexibility index (Phi) is 5.05. The molecule has 21 heavy (non-hydrogen) atoms. The highest BCUT2D eigenvalue weighted by molar-refractivity contribution is 6.33. The van der Waals surface area contributed by atoms with E-state index in [2.05, 4.69) is 25.6 Å². The predicted molar refractivity (Wildman–Crippen MR) is 81.3 cm³/mol. The van der Waals surface area contributed by atoms with E-state index in [4.69, 9.17) is 11.6 Å². The first-order valence-corrected chi connectivity index (χ1v) is 6.94. The van der Waals surface area contributed by atoms with E-state index in [0.29, 0.717) is 28.8 Å². The molecule has 0 aromatic carbocycles. The van der Waals surface area contributed by atoms with Crippen LogP contribution < -0.4 is 10.6 Å². The average Bonchev–Trinajstić information content (AvgIpc) is 2.47. The monoisotopic (exact) mass is 305 g/mol. The fourth-order valence-corrected chi connectivity index (χ4v) is 1.95. The van der Waals surface area contributed by atoms with Gasteiger partial charge in [-0.25, -0.2) is 15.0 Å². The lowest BCUT2D eigenvalue weighted by Crippen LogP contribution is -2.24. The Morgan fingerprint density at radius 1 is 1.38 bits per heavy atom. The molecule has 0 aliphatic rings. The summed E-state index contributed by atoms with van der Waals surface area (Å²) in [4.78, 5) is 24.5. The third-order valence-electron chi connectivity index (χ3n) is 2.72. The van der Waals surface area contributed by atoms with Crippen molar-refractivity contribution in [2.75, 3.05) is 11.9 Å². The Morgan fingerprint density at radius 2 is 2.19 bits per heavy atom. The zero-order valence-electron chi connectivity index (χ0n) is 11.9.